The molecule has 0 amide bonds. The van der Waals surface area contributed by atoms with E-state index in [1.54, 1.807) is 12.1 Å². The molecule has 0 aromatic heterocycles. The fourth-order valence-electron chi connectivity index (χ4n) is 2.49. The first-order valence-corrected chi connectivity index (χ1v) is 8.50. The highest BCUT2D eigenvalue weighted by Crippen LogP contribution is 2.30. The van der Waals surface area contributed by atoms with Crippen molar-refractivity contribution < 1.29 is 19.4 Å². The van der Waals surface area contributed by atoms with Crippen LogP contribution in [0.2, 0.25) is 0 Å². The number of carboxylic acids is 1. The van der Waals surface area contributed by atoms with Crippen LogP contribution in [0.15, 0.2) is 42.5 Å². The number of aromatic carboxylic acids is 1. The van der Waals surface area contributed by atoms with Crippen molar-refractivity contribution >= 4 is 5.97 Å². The van der Waals surface area contributed by atoms with Crippen LogP contribution in [0.1, 0.15) is 48.3 Å². The van der Waals surface area contributed by atoms with E-state index in [-0.39, 0.29) is 6.04 Å². The van der Waals surface area contributed by atoms with Gasteiger partial charge in [0.25, 0.3) is 0 Å². The van der Waals surface area contributed by atoms with Crippen LogP contribution < -0.4 is 14.8 Å². The molecule has 1 unspecified atom stereocenters. The Bertz CT molecular complexity index is 697. The van der Waals surface area contributed by atoms with Crippen LogP contribution in [-0.4, -0.2) is 24.3 Å². The summed E-state index contributed by atoms with van der Waals surface area (Å²) in [6.45, 7) is 7.81. The molecule has 5 heteroatoms. The van der Waals surface area contributed by atoms with Crippen molar-refractivity contribution in [2.75, 3.05) is 13.2 Å². The lowest BCUT2D eigenvalue weighted by Crippen LogP contribution is -2.18. The van der Waals surface area contributed by atoms with Crippen molar-refractivity contribution in [3.8, 4) is 11.5 Å². The SMILES string of the molecule is CCOc1ccc(C(C)NCc2ccc(C(=O)O)cc2)cc1OCC. The number of carbonyl (C=O) groups is 1. The van der Waals surface area contributed by atoms with Crippen molar-refractivity contribution in [3.63, 3.8) is 0 Å². The summed E-state index contributed by atoms with van der Waals surface area (Å²) < 4.78 is 11.3. The van der Waals surface area contributed by atoms with Crippen molar-refractivity contribution in [1.82, 2.24) is 5.32 Å². The molecule has 0 bridgehead atoms. The fraction of sp³-hybridized carbons (Fsp3) is 0.350. The normalized spacial score (nSPS) is 11.8. The van der Waals surface area contributed by atoms with Gasteiger partial charge in [-0.3, -0.25) is 0 Å². The van der Waals surface area contributed by atoms with E-state index in [4.69, 9.17) is 14.6 Å². The number of carboxylic acid groups (broad SMARTS) is 1. The van der Waals surface area contributed by atoms with Crippen LogP contribution in [-0.2, 0) is 6.54 Å². The molecule has 2 N–H and O–H groups in total. The first kappa shape index (κ1) is 18.8. The molecule has 2 aromatic carbocycles. The highest BCUT2D eigenvalue weighted by molar-refractivity contribution is 5.87. The van der Waals surface area contributed by atoms with Gasteiger partial charge in [-0.1, -0.05) is 18.2 Å². The second kappa shape index (κ2) is 9.08. The first-order chi connectivity index (χ1) is 12.0. The molecule has 0 spiro atoms. The van der Waals surface area contributed by atoms with Gasteiger partial charge in [-0.15, -0.1) is 0 Å². The minimum absolute atomic E-state index is 0.119. The topological polar surface area (TPSA) is 67.8 Å². The fourth-order valence-corrected chi connectivity index (χ4v) is 2.49. The molecule has 0 aliphatic heterocycles. The molecule has 1 atom stereocenters. The zero-order chi connectivity index (χ0) is 18.2. The Kier molecular flexibility index (Phi) is 6.83. The van der Waals surface area contributed by atoms with Crippen molar-refractivity contribution in [2.45, 2.75) is 33.4 Å². The van der Waals surface area contributed by atoms with Crippen LogP contribution in [0.3, 0.4) is 0 Å². The number of benzene rings is 2. The zero-order valence-corrected chi connectivity index (χ0v) is 14.9. The average Bonchev–Trinajstić information content (AvgIpc) is 2.62. The minimum Gasteiger partial charge on any atom is -0.490 e. The number of hydrogen-bond acceptors (Lipinski definition) is 4. The molecule has 2 aromatic rings. The van der Waals surface area contributed by atoms with E-state index in [1.165, 1.54) is 0 Å². The molecule has 0 saturated heterocycles. The molecule has 134 valence electrons. The molecule has 0 radical (unpaired) electrons. The summed E-state index contributed by atoms with van der Waals surface area (Å²) in [7, 11) is 0. The summed E-state index contributed by atoms with van der Waals surface area (Å²) >= 11 is 0. The Morgan fingerprint density at radius 3 is 2.28 bits per heavy atom. The number of hydrogen-bond donors (Lipinski definition) is 2. The van der Waals surface area contributed by atoms with Gasteiger partial charge >= 0.3 is 5.97 Å². The summed E-state index contributed by atoms with van der Waals surface area (Å²) in [4.78, 5) is 10.9. The van der Waals surface area contributed by atoms with E-state index in [1.807, 2.05) is 44.2 Å². The summed E-state index contributed by atoms with van der Waals surface area (Å²) in [5.41, 5.74) is 2.44. The Labute approximate surface area is 148 Å². The third-order valence-corrected chi connectivity index (χ3v) is 3.88. The van der Waals surface area contributed by atoms with E-state index in [0.717, 1.165) is 22.6 Å². The second-order valence-electron chi connectivity index (χ2n) is 5.68. The standard InChI is InChI=1S/C20H25NO4/c1-4-24-18-11-10-17(12-19(18)25-5-2)14(3)21-13-15-6-8-16(9-7-15)20(22)23/h6-12,14,21H,4-5,13H2,1-3H3,(H,22,23). The molecule has 25 heavy (non-hydrogen) atoms. The van der Waals surface area contributed by atoms with Crippen molar-refractivity contribution in [1.29, 1.82) is 0 Å². The summed E-state index contributed by atoms with van der Waals surface area (Å²) in [6.07, 6.45) is 0. The van der Waals surface area contributed by atoms with Crippen LogP contribution in [0, 0.1) is 0 Å². The Morgan fingerprint density at radius 1 is 1.04 bits per heavy atom. The van der Waals surface area contributed by atoms with Gasteiger partial charge in [0.2, 0.25) is 0 Å². The van der Waals surface area contributed by atoms with Gasteiger partial charge in [0.15, 0.2) is 11.5 Å². The quantitative estimate of drug-likeness (QED) is 0.719. The maximum Gasteiger partial charge on any atom is 0.335 e. The first-order valence-electron chi connectivity index (χ1n) is 8.50. The highest BCUT2D eigenvalue weighted by atomic mass is 16.5. The summed E-state index contributed by atoms with van der Waals surface area (Å²) in [5, 5.41) is 12.4. The van der Waals surface area contributed by atoms with E-state index in [2.05, 4.69) is 12.2 Å². The van der Waals surface area contributed by atoms with Gasteiger partial charge in [0.05, 0.1) is 18.8 Å². The number of ether oxygens (including phenoxy) is 2. The van der Waals surface area contributed by atoms with E-state index in [0.29, 0.717) is 25.3 Å². The lowest BCUT2D eigenvalue weighted by molar-refractivity contribution is 0.0697. The van der Waals surface area contributed by atoms with Gasteiger partial charge in [0.1, 0.15) is 0 Å². The molecule has 0 aliphatic carbocycles. The maximum atomic E-state index is 10.9. The zero-order valence-electron chi connectivity index (χ0n) is 14.9. The summed E-state index contributed by atoms with van der Waals surface area (Å²) in [5.74, 6) is 0.594. The third kappa shape index (κ3) is 5.22. The molecule has 0 heterocycles. The molecule has 0 saturated carbocycles. The van der Waals surface area contributed by atoms with E-state index >= 15 is 0 Å². The van der Waals surface area contributed by atoms with E-state index in [9.17, 15) is 4.79 Å². The average molecular weight is 343 g/mol. The highest BCUT2D eigenvalue weighted by Gasteiger charge is 2.11. The smallest absolute Gasteiger partial charge is 0.335 e. The maximum absolute atomic E-state index is 10.9. The Balaban J connectivity index is 2.03. The van der Waals surface area contributed by atoms with Crippen LogP contribution in [0.5, 0.6) is 11.5 Å². The molecule has 0 fully saturated rings. The Morgan fingerprint density at radius 2 is 1.68 bits per heavy atom. The predicted octanol–water partition coefficient (Wildman–Crippen LogP) is 4.03. The number of rotatable bonds is 9. The lowest BCUT2D eigenvalue weighted by Gasteiger charge is -2.17. The largest absolute Gasteiger partial charge is 0.490 e. The van der Waals surface area contributed by atoms with Gasteiger partial charge in [0, 0.05) is 12.6 Å². The van der Waals surface area contributed by atoms with Crippen molar-refractivity contribution in [2.24, 2.45) is 0 Å². The van der Waals surface area contributed by atoms with Gasteiger partial charge < -0.3 is 19.9 Å². The van der Waals surface area contributed by atoms with Gasteiger partial charge in [-0.05, 0) is 56.2 Å². The molecule has 2 rings (SSSR count). The van der Waals surface area contributed by atoms with Gasteiger partial charge in [-0.25, -0.2) is 4.79 Å². The van der Waals surface area contributed by atoms with Crippen LogP contribution >= 0.6 is 0 Å². The van der Waals surface area contributed by atoms with Crippen LogP contribution in [0.4, 0.5) is 0 Å². The lowest BCUT2D eigenvalue weighted by atomic mass is 10.1. The Hall–Kier alpha value is -2.53. The number of nitrogens with one attached hydrogen (secondary N) is 1. The minimum atomic E-state index is -0.911. The van der Waals surface area contributed by atoms with Crippen LogP contribution in [0.25, 0.3) is 0 Å². The molecular formula is C20H25NO4. The van der Waals surface area contributed by atoms with E-state index < -0.39 is 5.97 Å². The molecule has 0 aliphatic rings. The van der Waals surface area contributed by atoms with Crippen molar-refractivity contribution in [3.05, 3.63) is 59.2 Å². The molecular weight excluding hydrogens is 318 g/mol. The predicted molar refractivity (Wildman–Crippen MR) is 97.4 cm³/mol. The third-order valence-electron chi connectivity index (χ3n) is 3.88. The van der Waals surface area contributed by atoms with Gasteiger partial charge in [-0.2, -0.15) is 0 Å². The monoisotopic (exact) mass is 343 g/mol. The second-order valence-corrected chi connectivity index (χ2v) is 5.68. The molecule has 5 nitrogen and oxygen atoms in total. The summed E-state index contributed by atoms with van der Waals surface area (Å²) in [6, 6.07) is 13.0.